The van der Waals surface area contributed by atoms with E-state index in [2.05, 4.69) is 20.8 Å². The van der Waals surface area contributed by atoms with Crippen molar-refractivity contribution in [1.29, 1.82) is 0 Å². The summed E-state index contributed by atoms with van der Waals surface area (Å²) in [7, 11) is 0. The number of aromatic nitrogens is 1. The molecule has 0 radical (unpaired) electrons. The predicted molar refractivity (Wildman–Crippen MR) is 129 cm³/mol. The van der Waals surface area contributed by atoms with E-state index in [9.17, 15) is 14.3 Å². The Labute approximate surface area is 193 Å². The van der Waals surface area contributed by atoms with Gasteiger partial charge in [0.25, 0.3) is 0 Å². The standard InChI is InChI=1S/C26H31ClFNO3/c1-15(2)32-22-12-21-19(11-18(22)10-17-8-7-9-20(27)24(17)28)25(31)16(3)13-29(21)23(14-30)26(4,5)6/h7-9,11-13,15,23,30H,10,14H2,1-6H3/t23-/m1/s1. The Morgan fingerprint density at radius 1 is 1.19 bits per heavy atom. The van der Waals surface area contributed by atoms with Gasteiger partial charge in [0, 0.05) is 29.6 Å². The molecule has 4 nitrogen and oxygen atoms in total. The minimum atomic E-state index is -0.473. The molecule has 3 aromatic rings. The maximum absolute atomic E-state index is 14.6. The Hall–Kier alpha value is -2.37. The average molecular weight is 460 g/mol. The van der Waals surface area contributed by atoms with Crippen molar-refractivity contribution in [3.05, 3.63) is 74.3 Å². The summed E-state index contributed by atoms with van der Waals surface area (Å²) >= 11 is 5.98. The van der Waals surface area contributed by atoms with Crippen molar-refractivity contribution < 1.29 is 14.2 Å². The van der Waals surface area contributed by atoms with E-state index in [0.29, 0.717) is 33.3 Å². The van der Waals surface area contributed by atoms with Gasteiger partial charge in [-0.15, -0.1) is 0 Å². The van der Waals surface area contributed by atoms with Crippen LogP contribution in [-0.2, 0) is 6.42 Å². The molecule has 172 valence electrons. The van der Waals surface area contributed by atoms with Crippen LogP contribution in [0.15, 0.2) is 41.3 Å². The lowest BCUT2D eigenvalue weighted by molar-refractivity contribution is 0.140. The molecule has 1 atom stereocenters. The molecule has 0 aliphatic heterocycles. The van der Waals surface area contributed by atoms with Crippen LogP contribution in [0.2, 0.25) is 5.02 Å². The summed E-state index contributed by atoms with van der Waals surface area (Å²) < 4.78 is 22.7. The van der Waals surface area contributed by atoms with E-state index < -0.39 is 5.82 Å². The number of hydrogen-bond donors (Lipinski definition) is 1. The van der Waals surface area contributed by atoms with Crippen molar-refractivity contribution in [3.8, 4) is 5.75 Å². The van der Waals surface area contributed by atoms with E-state index in [-0.39, 0.29) is 41.0 Å². The van der Waals surface area contributed by atoms with Crippen LogP contribution in [0.4, 0.5) is 4.39 Å². The second-order valence-electron chi connectivity index (χ2n) is 9.65. The first-order valence-corrected chi connectivity index (χ1v) is 11.2. The zero-order valence-corrected chi connectivity index (χ0v) is 20.3. The molecule has 0 aliphatic carbocycles. The number of halogens is 2. The van der Waals surface area contributed by atoms with Crippen LogP contribution in [0.25, 0.3) is 10.9 Å². The zero-order valence-electron chi connectivity index (χ0n) is 19.5. The predicted octanol–water partition coefficient (Wildman–Crippen LogP) is 6.06. The molecule has 0 unspecified atom stereocenters. The van der Waals surface area contributed by atoms with Gasteiger partial charge < -0.3 is 14.4 Å². The molecule has 32 heavy (non-hydrogen) atoms. The molecule has 1 aromatic heterocycles. The Bertz CT molecular complexity index is 1190. The van der Waals surface area contributed by atoms with Crippen molar-refractivity contribution in [2.45, 2.75) is 60.1 Å². The number of hydrogen-bond acceptors (Lipinski definition) is 3. The normalized spacial score (nSPS) is 13.1. The number of aliphatic hydroxyl groups is 1. The molecule has 1 N–H and O–H groups in total. The summed E-state index contributed by atoms with van der Waals surface area (Å²) in [5.74, 6) is 0.106. The largest absolute Gasteiger partial charge is 0.491 e. The topological polar surface area (TPSA) is 51.5 Å². The van der Waals surface area contributed by atoms with Crippen molar-refractivity contribution in [2.24, 2.45) is 5.41 Å². The lowest BCUT2D eigenvalue weighted by Crippen LogP contribution is -2.29. The first-order chi connectivity index (χ1) is 14.9. The summed E-state index contributed by atoms with van der Waals surface area (Å²) in [6.07, 6.45) is 1.92. The number of benzene rings is 2. The minimum absolute atomic E-state index is 0.0591. The fourth-order valence-corrected chi connectivity index (χ4v) is 4.18. The lowest BCUT2D eigenvalue weighted by Gasteiger charge is -2.33. The molecular formula is C26H31ClFNO3. The second kappa shape index (κ2) is 9.24. The minimum Gasteiger partial charge on any atom is -0.491 e. The number of nitrogens with zero attached hydrogens (tertiary/aromatic N) is 1. The number of aryl methyl sites for hydroxylation is 1. The number of aliphatic hydroxyl groups excluding tert-OH is 1. The summed E-state index contributed by atoms with van der Waals surface area (Å²) in [5, 5.41) is 10.7. The lowest BCUT2D eigenvalue weighted by atomic mass is 9.86. The average Bonchev–Trinajstić information content (AvgIpc) is 2.69. The highest BCUT2D eigenvalue weighted by Gasteiger charge is 2.27. The van der Waals surface area contributed by atoms with Gasteiger partial charge in [-0.05, 0) is 49.4 Å². The van der Waals surface area contributed by atoms with E-state index in [1.807, 2.05) is 24.5 Å². The van der Waals surface area contributed by atoms with Crippen LogP contribution in [0.1, 0.15) is 57.4 Å². The molecule has 6 heteroatoms. The molecule has 0 spiro atoms. The maximum Gasteiger partial charge on any atom is 0.192 e. The molecule has 0 aliphatic rings. The van der Waals surface area contributed by atoms with Gasteiger partial charge in [-0.3, -0.25) is 4.79 Å². The Morgan fingerprint density at radius 2 is 1.88 bits per heavy atom. The summed E-state index contributed by atoms with van der Waals surface area (Å²) in [6, 6.07) is 8.28. The fourth-order valence-electron chi connectivity index (χ4n) is 3.99. The van der Waals surface area contributed by atoms with Gasteiger partial charge in [0.05, 0.1) is 29.3 Å². The van der Waals surface area contributed by atoms with E-state index >= 15 is 0 Å². The maximum atomic E-state index is 14.6. The summed E-state index contributed by atoms with van der Waals surface area (Å²) in [4.78, 5) is 13.1. The molecule has 0 bridgehead atoms. The Kier molecular flexibility index (Phi) is 7.01. The molecule has 0 amide bonds. The quantitative estimate of drug-likeness (QED) is 0.487. The third-order valence-electron chi connectivity index (χ3n) is 5.68. The van der Waals surface area contributed by atoms with Crippen molar-refractivity contribution in [3.63, 3.8) is 0 Å². The summed E-state index contributed by atoms with van der Waals surface area (Å²) in [6.45, 7) is 11.7. The number of pyridine rings is 1. The monoisotopic (exact) mass is 459 g/mol. The highest BCUT2D eigenvalue weighted by Crippen LogP contribution is 2.35. The third kappa shape index (κ3) is 4.84. The highest BCUT2D eigenvalue weighted by atomic mass is 35.5. The first kappa shape index (κ1) is 24.3. The van der Waals surface area contributed by atoms with Gasteiger partial charge in [0.15, 0.2) is 5.43 Å². The van der Waals surface area contributed by atoms with Crippen LogP contribution in [-0.4, -0.2) is 22.4 Å². The molecule has 3 rings (SSSR count). The van der Waals surface area contributed by atoms with Gasteiger partial charge in [0.1, 0.15) is 11.6 Å². The zero-order chi connectivity index (χ0) is 23.8. The van der Waals surface area contributed by atoms with Gasteiger partial charge in [-0.2, -0.15) is 0 Å². The smallest absolute Gasteiger partial charge is 0.192 e. The number of ether oxygens (including phenoxy) is 1. The van der Waals surface area contributed by atoms with Crippen LogP contribution in [0.5, 0.6) is 5.75 Å². The van der Waals surface area contributed by atoms with E-state index in [1.165, 1.54) is 6.07 Å². The van der Waals surface area contributed by atoms with Gasteiger partial charge in [-0.1, -0.05) is 44.5 Å². The molecule has 0 saturated heterocycles. The van der Waals surface area contributed by atoms with Crippen LogP contribution < -0.4 is 10.2 Å². The van der Waals surface area contributed by atoms with Gasteiger partial charge >= 0.3 is 0 Å². The van der Waals surface area contributed by atoms with Crippen LogP contribution in [0.3, 0.4) is 0 Å². The van der Waals surface area contributed by atoms with E-state index in [1.54, 1.807) is 31.3 Å². The van der Waals surface area contributed by atoms with Crippen LogP contribution in [0, 0.1) is 18.2 Å². The van der Waals surface area contributed by atoms with Gasteiger partial charge in [-0.25, -0.2) is 4.39 Å². The molecule has 1 heterocycles. The Morgan fingerprint density at radius 3 is 2.47 bits per heavy atom. The van der Waals surface area contributed by atoms with Crippen molar-refractivity contribution in [2.75, 3.05) is 6.61 Å². The van der Waals surface area contributed by atoms with Crippen molar-refractivity contribution >= 4 is 22.5 Å². The van der Waals surface area contributed by atoms with Crippen LogP contribution >= 0.6 is 11.6 Å². The molecule has 2 aromatic carbocycles. The van der Waals surface area contributed by atoms with E-state index in [0.717, 1.165) is 0 Å². The summed E-state index contributed by atoms with van der Waals surface area (Å²) in [5.41, 5.74) is 2.06. The molecule has 0 saturated carbocycles. The first-order valence-electron chi connectivity index (χ1n) is 10.8. The molecule has 0 fully saturated rings. The number of rotatable bonds is 6. The second-order valence-corrected chi connectivity index (χ2v) is 10.1. The van der Waals surface area contributed by atoms with Crippen molar-refractivity contribution in [1.82, 2.24) is 4.57 Å². The fraction of sp³-hybridized carbons (Fsp3) is 0.423. The SMILES string of the molecule is Cc1cn([C@H](CO)C(C)(C)C)c2cc(OC(C)C)c(Cc3cccc(Cl)c3F)cc2c1=O. The highest BCUT2D eigenvalue weighted by molar-refractivity contribution is 6.30. The Balaban J connectivity index is 2.31. The third-order valence-corrected chi connectivity index (χ3v) is 5.97. The van der Waals surface area contributed by atoms with E-state index in [4.69, 9.17) is 16.3 Å². The van der Waals surface area contributed by atoms with Gasteiger partial charge in [0.2, 0.25) is 0 Å². The number of fused-ring (bicyclic) bond motifs is 1. The molecular weight excluding hydrogens is 429 g/mol.